The third-order valence-corrected chi connectivity index (χ3v) is 9.46. The Bertz CT molecular complexity index is 1860. The number of aliphatic hydroxyl groups excluding tert-OH is 2. The van der Waals surface area contributed by atoms with E-state index in [0.717, 1.165) is 21.4 Å². The van der Waals surface area contributed by atoms with Gasteiger partial charge in [0.05, 0.1) is 25.4 Å². The zero-order chi connectivity index (χ0) is 37.5. The number of rotatable bonds is 16. The molecule has 282 valence electrons. The molecule has 0 radical (unpaired) electrons. The SMILES string of the molecule is CC(C)OC(=O)OCOP(=O)(OCOC(=O)OC(C)C)OP(=O)(O)OC[C@H]1O[C@@H](n2ccc(=O)n(Cc3noc4ccccc34)c2=O)[C@@H](O)C1O. The van der Waals surface area contributed by atoms with E-state index in [9.17, 15) is 43.4 Å². The van der Waals surface area contributed by atoms with Crippen molar-refractivity contribution >= 4 is 38.9 Å². The number of para-hydroxylation sites is 1. The van der Waals surface area contributed by atoms with E-state index in [1.54, 1.807) is 24.3 Å². The summed E-state index contributed by atoms with van der Waals surface area (Å²) in [7, 11) is -10.8. The van der Waals surface area contributed by atoms with Crippen LogP contribution in [0.4, 0.5) is 9.59 Å². The van der Waals surface area contributed by atoms with Gasteiger partial charge in [0.2, 0.25) is 13.6 Å². The predicted octanol–water partition coefficient (Wildman–Crippen LogP) is 2.13. The summed E-state index contributed by atoms with van der Waals surface area (Å²) in [6.45, 7) is 2.22. The van der Waals surface area contributed by atoms with Gasteiger partial charge in [0.25, 0.3) is 5.56 Å². The van der Waals surface area contributed by atoms with Crippen LogP contribution in [0.25, 0.3) is 11.0 Å². The zero-order valence-electron chi connectivity index (χ0n) is 27.4. The minimum absolute atomic E-state index is 0.259. The molecule has 0 spiro atoms. The topological polar surface area (TPSA) is 282 Å². The molecular formula is C27H35N3O19P2. The van der Waals surface area contributed by atoms with Crippen molar-refractivity contribution in [1.29, 1.82) is 0 Å². The number of carbonyl (C=O) groups excluding carboxylic acids is 2. The lowest BCUT2D eigenvalue weighted by Crippen LogP contribution is -2.43. The second-order valence-electron chi connectivity index (χ2n) is 11.0. The fourth-order valence-electron chi connectivity index (χ4n) is 4.30. The molecule has 1 saturated heterocycles. The normalized spacial score (nSPS) is 20.4. The molecule has 1 aliphatic rings. The van der Waals surface area contributed by atoms with Crippen molar-refractivity contribution in [2.45, 2.75) is 71.0 Å². The van der Waals surface area contributed by atoms with Crippen LogP contribution in [0.3, 0.4) is 0 Å². The van der Waals surface area contributed by atoms with Crippen molar-refractivity contribution in [3.05, 3.63) is 63.1 Å². The van der Waals surface area contributed by atoms with E-state index in [1.807, 2.05) is 0 Å². The van der Waals surface area contributed by atoms with Crippen LogP contribution in [0.5, 0.6) is 0 Å². The molecule has 2 aromatic heterocycles. The molecule has 4 rings (SSSR count). The zero-order valence-corrected chi connectivity index (χ0v) is 29.2. The van der Waals surface area contributed by atoms with Gasteiger partial charge in [0.15, 0.2) is 11.8 Å². The molecule has 3 heterocycles. The molecular weight excluding hydrogens is 732 g/mol. The second kappa shape index (κ2) is 17.0. The third kappa shape index (κ3) is 10.8. The summed E-state index contributed by atoms with van der Waals surface area (Å²) in [5.41, 5.74) is -1.03. The highest BCUT2D eigenvalue weighted by molar-refractivity contribution is 7.61. The summed E-state index contributed by atoms with van der Waals surface area (Å²) in [5.74, 6) is 0. The van der Waals surface area contributed by atoms with E-state index in [0.29, 0.717) is 11.0 Å². The molecule has 0 amide bonds. The summed E-state index contributed by atoms with van der Waals surface area (Å²) in [5, 5.41) is 25.8. The highest BCUT2D eigenvalue weighted by Crippen LogP contribution is 2.63. The monoisotopic (exact) mass is 767 g/mol. The number of aromatic nitrogens is 3. The van der Waals surface area contributed by atoms with E-state index in [1.165, 1.54) is 27.7 Å². The molecule has 3 aromatic rings. The van der Waals surface area contributed by atoms with Crippen LogP contribution in [0, 0.1) is 0 Å². The lowest BCUT2D eigenvalue weighted by atomic mass is 10.1. The first-order chi connectivity index (χ1) is 24.0. The fraction of sp³-hybridized carbons (Fsp3) is 0.519. The van der Waals surface area contributed by atoms with Crippen LogP contribution in [-0.4, -0.2) is 92.4 Å². The summed E-state index contributed by atoms with van der Waals surface area (Å²) in [6, 6.07) is 7.73. The Kier molecular flexibility index (Phi) is 13.3. The molecule has 5 atom stereocenters. The Morgan fingerprint density at radius 1 is 0.922 bits per heavy atom. The van der Waals surface area contributed by atoms with Crippen LogP contribution in [-0.2, 0) is 57.2 Å². The maximum Gasteiger partial charge on any atom is 0.510 e. The molecule has 3 N–H and O–H groups in total. The average Bonchev–Trinajstić information content (AvgIpc) is 3.57. The number of aliphatic hydroxyl groups is 2. The number of hydrogen-bond acceptors (Lipinski definition) is 19. The van der Waals surface area contributed by atoms with E-state index in [2.05, 4.69) is 18.9 Å². The molecule has 51 heavy (non-hydrogen) atoms. The number of benzene rings is 1. The quantitative estimate of drug-likeness (QED) is 0.107. The minimum Gasteiger partial charge on any atom is -0.432 e. The largest absolute Gasteiger partial charge is 0.510 e. The van der Waals surface area contributed by atoms with Gasteiger partial charge in [0, 0.05) is 17.6 Å². The maximum atomic E-state index is 13.4. The smallest absolute Gasteiger partial charge is 0.432 e. The van der Waals surface area contributed by atoms with Gasteiger partial charge in [-0.25, -0.2) is 32.6 Å². The van der Waals surface area contributed by atoms with Gasteiger partial charge in [-0.1, -0.05) is 17.3 Å². The molecule has 0 aliphatic carbocycles. The van der Waals surface area contributed by atoms with Crippen molar-refractivity contribution in [2.75, 3.05) is 20.2 Å². The molecule has 1 aliphatic heterocycles. The number of hydrogen-bond donors (Lipinski definition) is 3. The fourth-order valence-corrected chi connectivity index (χ4v) is 6.65. The average molecular weight is 768 g/mol. The van der Waals surface area contributed by atoms with Crippen LogP contribution >= 0.6 is 15.6 Å². The summed E-state index contributed by atoms with van der Waals surface area (Å²) in [4.78, 5) is 59.6. The molecule has 24 heteroatoms. The Labute approximate surface area is 287 Å². The highest BCUT2D eigenvalue weighted by atomic mass is 31.3. The van der Waals surface area contributed by atoms with Crippen LogP contribution < -0.4 is 11.2 Å². The van der Waals surface area contributed by atoms with E-state index in [4.69, 9.17) is 32.3 Å². The summed E-state index contributed by atoms with van der Waals surface area (Å²) < 4.78 is 75.5. The van der Waals surface area contributed by atoms with Crippen molar-refractivity contribution in [3.8, 4) is 0 Å². The number of nitrogens with zero attached hydrogens (tertiary/aromatic N) is 3. The molecule has 0 saturated carbocycles. The second-order valence-corrected chi connectivity index (χ2v) is 14.3. The minimum atomic E-state index is -5.51. The first-order valence-electron chi connectivity index (χ1n) is 14.9. The molecule has 2 unspecified atom stereocenters. The number of phosphoric acid groups is 2. The van der Waals surface area contributed by atoms with Crippen molar-refractivity contribution in [3.63, 3.8) is 0 Å². The third-order valence-electron chi connectivity index (χ3n) is 6.51. The van der Waals surface area contributed by atoms with Crippen molar-refractivity contribution in [2.24, 2.45) is 0 Å². The highest BCUT2D eigenvalue weighted by Gasteiger charge is 2.47. The van der Waals surface area contributed by atoms with Crippen molar-refractivity contribution in [1.82, 2.24) is 14.3 Å². The molecule has 1 aromatic carbocycles. The molecule has 0 bridgehead atoms. The van der Waals surface area contributed by atoms with E-state index in [-0.39, 0.29) is 12.2 Å². The van der Waals surface area contributed by atoms with Crippen LogP contribution in [0.1, 0.15) is 39.6 Å². The van der Waals surface area contributed by atoms with E-state index < -0.39 is 96.1 Å². The Morgan fingerprint density at radius 3 is 2.14 bits per heavy atom. The van der Waals surface area contributed by atoms with Crippen LogP contribution in [0.15, 0.2) is 50.6 Å². The van der Waals surface area contributed by atoms with Gasteiger partial charge >= 0.3 is 33.6 Å². The Hall–Kier alpha value is -3.95. The Balaban J connectivity index is 1.43. The summed E-state index contributed by atoms with van der Waals surface area (Å²) >= 11 is 0. The van der Waals surface area contributed by atoms with Crippen LogP contribution in [0.2, 0.25) is 0 Å². The number of ether oxygens (including phenoxy) is 5. The van der Waals surface area contributed by atoms with Gasteiger partial charge in [-0.2, -0.15) is 4.31 Å². The first kappa shape index (κ1) is 39.8. The lowest BCUT2D eigenvalue weighted by Gasteiger charge is -2.21. The summed E-state index contributed by atoms with van der Waals surface area (Å²) in [6.07, 6.45) is -9.71. The Morgan fingerprint density at radius 2 is 1.53 bits per heavy atom. The first-order valence-corrected chi connectivity index (χ1v) is 17.9. The lowest BCUT2D eigenvalue weighted by molar-refractivity contribution is -0.0565. The number of carbonyl (C=O) groups is 2. The number of fused-ring (bicyclic) bond motifs is 1. The van der Waals surface area contributed by atoms with Gasteiger partial charge in [-0.15, -0.1) is 0 Å². The van der Waals surface area contributed by atoms with Gasteiger partial charge in [-0.05, 0) is 39.8 Å². The van der Waals surface area contributed by atoms with Crippen molar-refractivity contribution < 1.29 is 79.9 Å². The van der Waals surface area contributed by atoms with E-state index >= 15 is 0 Å². The standard InChI is InChI=1S/C27H35N3O19P2/c1-15(2)45-26(35)40-13-43-51(39,44-14-41-27(36)46-16(3)4)49-50(37,38)42-12-20-22(32)23(33)24(47-20)29-10-9-21(31)30(25(29)34)11-18-17-7-5-6-8-19(17)48-28-18/h5-10,15-16,20,22-24,32-33H,11-14H2,1-4H3,(H,37,38)/t20-,22?,23+,24-/m1/s1. The number of phosphoric ester groups is 2. The molecule has 22 nitrogen and oxygen atoms in total. The predicted molar refractivity (Wildman–Crippen MR) is 166 cm³/mol. The molecule has 1 fully saturated rings. The van der Waals surface area contributed by atoms with Gasteiger partial charge < -0.3 is 43.3 Å². The maximum absolute atomic E-state index is 13.4. The van der Waals surface area contributed by atoms with Gasteiger partial charge in [-0.3, -0.25) is 18.5 Å². The van der Waals surface area contributed by atoms with Gasteiger partial charge in [0.1, 0.15) is 24.0 Å².